The molecule has 25 heavy (non-hydrogen) atoms. The van der Waals surface area contributed by atoms with Crippen molar-refractivity contribution in [3.8, 4) is 11.3 Å². The minimum absolute atomic E-state index is 0.0752. The van der Waals surface area contributed by atoms with Gasteiger partial charge in [-0.25, -0.2) is 0 Å². The van der Waals surface area contributed by atoms with Crippen molar-refractivity contribution in [1.29, 1.82) is 0 Å². The third kappa shape index (κ3) is 2.44. The molecule has 0 atom stereocenters. The van der Waals surface area contributed by atoms with E-state index in [-0.39, 0.29) is 10.6 Å². The molecule has 0 fully saturated rings. The van der Waals surface area contributed by atoms with Crippen LogP contribution in [0.15, 0.2) is 30.3 Å². The number of nitro groups is 1. The second-order valence-corrected chi connectivity index (χ2v) is 6.21. The summed E-state index contributed by atoms with van der Waals surface area (Å²) in [6, 6.07) is 9.36. The number of hydrogen-bond acceptors (Lipinski definition) is 5. The number of nitrogens with one attached hydrogen (secondary N) is 2. The van der Waals surface area contributed by atoms with Gasteiger partial charge in [-0.15, -0.1) is 0 Å². The lowest BCUT2D eigenvalue weighted by Gasteiger charge is -2.18. The van der Waals surface area contributed by atoms with Crippen molar-refractivity contribution in [1.82, 2.24) is 15.1 Å². The Morgan fingerprint density at radius 2 is 2.16 bits per heavy atom. The Morgan fingerprint density at radius 1 is 1.32 bits per heavy atom. The molecule has 0 saturated carbocycles. The molecule has 1 aliphatic rings. The first-order chi connectivity index (χ1) is 12.1. The van der Waals surface area contributed by atoms with E-state index in [0.29, 0.717) is 12.2 Å². The van der Waals surface area contributed by atoms with Gasteiger partial charge >= 0.3 is 0 Å². The molecule has 0 radical (unpaired) electrons. The molecule has 1 aliphatic heterocycles. The number of nitro benzene ring substituents is 1. The summed E-state index contributed by atoms with van der Waals surface area (Å²) in [6.07, 6.45) is 0. The number of benzene rings is 2. The lowest BCUT2D eigenvalue weighted by molar-refractivity contribution is -0.383. The number of aryl methyl sites for hydroxylation is 1. The molecule has 0 bridgehead atoms. The fourth-order valence-corrected chi connectivity index (χ4v) is 3.36. The van der Waals surface area contributed by atoms with Gasteiger partial charge in [0.1, 0.15) is 11.4 Å². The number of rotatable bonds is 5. The van der Waals surface area contributed by atoms with Crippen molar-refractivity contribution in [2.45, 2.75) is 20.4 Å². The lowest BCUT2D eigenvalue weighted by atomic mass is 9.98. The summed E-state index contributed by atoms with van der Waals surface area (Å²) in [5.74, 6) is 0. The van der Waals surface area contributed by atoms with Crippen molar-refractivity contribution in [3.63, 3.8) is 0 Å². The molecular formula is C18H19N5O2. The highest BCUT2D eigenvalue weighted by molar-refractivity contribution is 6.12. The third-order valence-corrected chi connectivity index (χ3v) is 4.53. The van der Waals surface area contributed by atoms with Gasteiger partial charge in [-0.05, 0) is 31.7 Å². The summed E-state index contributed by atoms with van der Waals surface area (Å²) in [5, 5.41) is 23.6. The summed E-state index contributed by atoms with van der Waals surface area (Å²) in [5.41, 5.74) is 5.29. The number of fused-ring (bicyclic) bond motifs is 2. The molecule has 0 amide bonds. The fourth-order valence-electron chi connectivity index (χ4n) is 3.36. The van der Waals surface area contributed by atoms with Gasteiger partial charge in [0.25, 0.3) is 5.69 Å². The van der Waals surface area contributed by atoms with Gasteiger partial charge in [-0.3, -0.25) is 14.8 Å². The number of likely N-dealkylation sites (N-methyl/N-ethyl adjacent to an activating group) is 1. The Bertz CT molecular complexity index is 993. The summed E-state index contributed by atoms with van der Waals surface area (Å²) >= 11 is 0. The highest BCUT2D eigenvalue weighted by Crippen LogP contribution is 2.47. The summed E-state index contributed by atoms with van der Waals surface area (Å²) in [4.78, 5) is 11.1. The SMILES string of the molecule is CCNCCn1nc2c3c(c([N+](=O)[O-])ccc31)Nc1ccc(C)cc1-2. The number of nitrogens with zero attached hydrogens (tertiary/aromatic N) is 3. The molecule has 2 N–H and O–H groups in total. The van der Waals surface area contributed by atoms with Gasteiger partial charge < -0.3 is 10.6 Å². The zero-order valence-electron chi connectivity index (χ0n) is 14.2. The van der Waals surface area contributed by atoms with Crippen molar-refractivity contribution in [2.24, 2.45) is 0 Å². The quantitative estimate of drug-likeness (QED) is 0.330. The predicted molar refractivity (Wildman–Crippen MR) is 98.4 cm³/mol. The molecule has 7 nitrogen and oxygen atoms in total. The second kappa shape index (κ2) is 5.86. The van der Waals surface area contributed by atoms with Gasteiger partial charge in [0, 0.05) is 23.9 Å². The van der Waals surface area contributed by atoms with Gasteiger partial charge in [0.15, 0.2) is 0 Å². The zero-order valence-corrected chi connectivity index (χ0v) is 14.2. The van der Waals surface area contributed by atoms with Crippen molar-refractivity contribution in [2.75, 3.05) is 18.4 Å². The minimum atomic E-state index is -0.347. The highest BCUT2D eigenvalue weighted by atomic mass is 16.6. The van der Waals surface area contributed by atoms with Crippen LogP contribution in [-0.4, -0.2) is 27.8 Å². The molecule has 0 aliphatic carbocycles. The Labute approximate surface area is 144 Å². The van der Waals surface area contributed by atoms with Gasteiger partial charge in [-0.1, -0.05) is 18.6 Å². The van der Waals surface area contributed by atoms with Crippen LogP contribution in [0.1, 0.15) is 12.5 Å². The first-order valence-corrected chi connectivity index (χ1v) is 8.37. The molecule has 0 spiro atoms. The van der Waals surface area contributed by atoms with E-state index in [1.165, 1.54) is 0 Å². The minimum Gasteiger partial charge on any atom is -0.349 e. The number of anilines is 2. The van der Waals surface area contributed by atoms with Crippen LogP contribution in [0.5, 0.6) is 0 Å². The van der Waals surface area contributed by atoms with Gasteiger partial charge in [0.05, 0.1) is 22.4 Å². The van der Waals surface area contributed by atoms with Crippen molar-refractivity contribution < 1.29 is 4.92 Å². The van der Waals surface area contributed by atoms with Crippen LogP contribution in [-0.2, 0) is 6.54 Å². The van der Waals surface area contributed by atoms with E-state index in [0.717, 1.165) is 46.5 Å². The number of hydrogen-bond donors (Lipinski definition) is 2. The zero-order chi connectivity index (χ0) is 17.6. The van der Waals surface area contributed by atoms with Crippen molar-refractivity contribution in [3.05, 3.63) is 46.0 Å². The van der Waals surface area contributed by atoms with Gasteiger partial charge in [-0.2, -0.15) is 5.10 Å². The average molecular weight is 337 g/mol. The van der Waals surface area contributed by atoms with Crippen LogP contribution >= 0.6 is 0 Å². The molecular weight excluding hydrogens is 318 g/mol. The maximum Gasteiger partial charge on any atom is 0.293 e. The molecule has 0 saturated heterocycles. The van der Waals surface area contributed by atoms with E-state index in [1.807, 2.05) is 23.7 Å². The van der Waals surface area contributed by atoms with Crippen molar-refractivity contribution >= 4 is 28.0 Å². The Kier molecular flexibility index (Phi) is 3.65. The molecule has 7 heteroatoms. The molecule has 2 aromatic carbocycles. The standard InChI is InChI=1S/C18H19N5O2/c1-3-19-8-9-22-14-6-7-15(23(24)25)18-16(14)17(21-22)12-10-11(2)4-5-13(12)20-18/h4-7,10,19-20H,3,8-9H2,1-2H3. The maximum absolute atomic E-state index is 11.5. The van der Waals surface area contributed by atoms with E-state index < -0.39 is 0 Å². The van der Waals surface area contributed by atoms with Crippen LogP contribution in [0, 0.1) is 17.0 Å². The Morgan fingerprint density at radius 3 is 2.92 bits per heavy atom. The monoisotopic (exact) mass is 337 g/mol. The predicted octanol–water partition coefficient (Wildman–Crippen LogP) is 3.59. The second-order valence-electron chi connectivity index (χ2n) is 6.21. The summed E-state index contributed by atoms with van der Waals surface area (Å²) in [7, 11) is 0. The van der Waals surface area contributed by atoms with E-state index in [2.05, 4.69) is 23.6 Å². The topological polar surface area (TPSA) is 85.0 Å². The van der Waals surface area contributed by atoms with Crippen LogP contribution in [0.4, 0.5) is 17.1 Å². The molecule has 128 valence electrons. The van der Waals surface area contributed by atoms with Crippen LogP contribution in [0.3, 0.4) is 0 Å². The molecule has 4 rings (SSSR count). The Balaban J connectivity index is 1.97. The normalized spacial score (nSPS) is 12.1. The van der Waals surface area contributed by atoms with Gasteiger partial charge in [0.2, 0.25) is 0 Å². The lowest BCUT2D eigenvalue weighted by Crippen LogP contribution is -2.19. The summed E-state index contributed by atoms with van der Waals surface area (Å²) in [6.45, 7) is 6.50. The smallest absolute Gasteiger partial charge is 0.293 e. The Hall–Kier alpha value is -2.93. The van der Waals surface area contributed by atoms with Crippen LogP contribution < -0.4 is 10.6 Å². The molecule has 2 heterocycles. The van der Waals surface area contributed by atoms with E-state index in [9.17, 15) is 10.1 Å². The molecule has 1 aromatic heterocycles. The third-order valence-electron chi connectivity index (χ3n) is 4.53. The first kappa shape index (κ1) is 15.6. The van der Waals surface area contributed by atoms with Crippen LogP contribution in [0.2, 0.25) is 0 Å². The summed E-state index contributed by atoms with van der Waals surface area (Å²) < 4.78 is 1.93. The van der Waals surface area contributed by atoms with E-state index in [1.54, 1.807) is 12.1 Å². The maximum atomic E-state index is 11.5. The largest absolute Gasteiger partial charge is 0.349 e. The molecule has 0 unspecified atom stereocenters. The van der Waals surface area contributed by atoms with Crippen LogP contribution in [0.25, 0.3) is 22.2 Å². The fraction of sp³-hybridized carbons (Fsp3) is 0.278. The average Bonchev–Trinajstić information content (AvgIpc) is 2.96. The molecule has 3 aromatic rings. The first-order valence-electron chi connectivity index (χ1n) is 8.37. The van der Waals surface area contributed by atoms with E-state index in [4.69, 9.17) is 5.10 Å². The number of aromatic nitrogens is 2. The van der Waals surface area contributed by atoms with E-state index >= 15 is 0 Å². The highest BCUT2D eigenvalue weighted by Gasteiger charge is 2.29.